The molecule has 0 bridgehead atoms. The summed E-state index contributed by atoms with van der Waals surface area (Å²) < 4.78 is 0. The summed E-state index contributed by atoms with van der Waals surface area (Å²) in [4.78, 5) is 29.6. The summed E-state index contributed by atoms with van der Waals surface area (Å²) in [6.07, 6.45) is 8.56. The minimum absolute atomic E-state index is 0.0293. The first-order valence-corrected chi connectivity index (χ1v) is 20.4. The van der Waals surface area contributed by atoms with Gasteiger partial charge in [-0.25, -0.2) is 4.79 Å². The normalized spacial score (nSPS) is 17.4. The summed E-state index contributed by atoms with van der Waals surface area (Å²) >= 11 is 0. The zero-order valence-electron chi connectivity index (χ0n) is 38.5. The van der Waals surface area contributed by atoms with Gasteiger partial charge in [0.15, 0.2) is 5.78 Å². The first-order chi connectivity index (χ1) is 24.3. The van der Waals surface area contributed by atoms with Gasteiger partial charge in [-0.1, -0.05) is 135 Å². The van der Waals surface area contributed by atoms with Crippen LogP contribution in [-0.2, 0) is 4.79 Å². The molecule has 2 amide bonds. The number of Topliss-reactive ketones (excluding diaryl/α,β-unsaturated/α-hetero) is 1. The molecule has 1 aliphatic carbocycles. The second-order valence-corrected chi connectivity index (χ2v) is 17.6. The molecule has 5 N–H and O–H groups in total. The molecule has 0 aromatic heterocycles. The first-order valence-electron chi connectivity index (χ1n) is 20.4. The Morgan fingerprint density at radius 2 is 1.38 bits per heavy atom. The van der Waals surface area contributed by atoms with Crippen LogP contribution in [0.3, 0.4) is 0 Å². The average Bonchev–Trinajstić information content (AvgIpc) is 3.47. The third-order valence-corrected chi connectivity index (χ3v) is 8.32. The molecule has 314 valence electrons. The van der Waals surface area contributed by atoms with Crippen LogP contribution in [0.15, 0.2) is 49.5 Å². The van der Waals surface area contributed by atoms with Gasteiger partial charge in [0.2, 0.25) is 0 Å². The summed E-state index contributed by atoms with van der Waals surface area (Å²) in [6, 6.07) is -0.528. The standard InChI is InChI=1S/C31H54N4O2.C5H12.C3H9N.C2H5N.2C2H6/c1-20(2)13-12-16-32-30(37)34-29(21(3)4)23(6)35-19-26(31(8,9)10)18-28(35)22(5)33-27(24(7)36)17-25-14-11-15-25;1-5(2,3)4;1-4(2)3;1-2-3;2*1-2/h21,25-29,33H,1,5-6,11-19H2,2-4,7-10H3,(H2,32,34,37);1-4H3;1-3H3;2H,1,3H2;2*1-2H3/t26-,27?,28?,29?;;;;;/m1...../s1. The van der Waals surface area contributed by atoms with Crippen molar-refractivity contribution in [1.29, 1.82) is 0 Å². The molecule has 8 heteroatoms. The quantitative estimate of drug-likeness (QED) is 0.104. The molecule has 8 nitrogen and oxygen atoms in total. The smallest absolute Gasteiger partial charge is 0.315 e. The summed E-state index contributed by atoms with van der Waals surface area (Å²) in [6.45, 7) is 49.0. The lowest BCUT2D eigenvalue weighted by Crippen LogP contribution is -2.50. The molecule has 0 aromatic carbocycles. The lowest BCUT2D eigenvalue weighted by Gasteiger charge is -2.37. The Hall–Kier alpha value is -2.74. The van der Waals surface area contributed by atoms with Crippen molar-refractivity contribution in [3.8, 4) is 0 Å². The van der Waals surface area contributed by atoms with E-state index in [0.717, 1.165) is 49.2 Å². The number of nitrogens with one attached hydrogen (secondary N) is 3. The lowest BCUT2D eigenvalue weighted by atomic mass is 9.79. The van der Waals surface area contributed by atoms with Crippen LogP contribution < -0.4 is 21.7 Å². The van der Waals surface area contributed by atoms with Crippen LogP contribution in [0.5, 0.6) is 0 Å². The summed E-state index contributed by atoms with van der Waals surface area (Å²) in [7, 11) is 6.00. The molecule has 1 aliphatic heterocycles. The maximum atomic E-state index is 12.7. The highest BCUT2D eigenvalue weighted by Gasteiger charge is 2.42. The van der Waals surface area contributed by atoms with E-state index in [4.69, 9.17) is 0 Å². The monoisotopic (exact) mass is 749 g/mol. The highest BCUT2D eigenvalue weighted by atomic mass is 16.2. The van der Waals surface area contributed by atoms with Crippen LogP contribution in [0, 0.1) is 28.6 Å². The highest BCUT2D eigenvalue weighted by Crippen LogP contribution is 2.41. The van der Waals surface area contributed by atoms with E-state index < -0.39 is 0 Å². The molecule has 1 saturated heterocycles. The number of allylic oxidation sites excluding steroid dienone is 1. The molecular formula is C45H92N6O2. The SMILES string of the molecule is C=C(C)CCCNC(=O)NC(C(=C)N1C[C@H](C(C)(C)C)CC1C(=C)NC(CC1CCC1)C(C)=O)C(C)C.C=CN.CC.CC.CC(C)(C)C.CN(C)C. The average molecular weight is 749 g/mol. The molecule has 1 saturated carbocycles. The number of carbonyl (C=O) groups excluding carboxylic acids is 2. The lowest BCUT2D eigenvalue weighted by molar-refractivity contribution is -0.119. The van der Waals surface area contributed by atoms with Crippen molar-refractivity contribution in [2.45, 2.75) is 167 Å². The Kier molecular flexibility index (Phi) is 32.9. The van der Waals surface area contributed by atoms with Crippen molar-refractivity contribution in [3.05, 3.63) is 49.5 Å². The summed E-state index contributed by atoms with van der Waals surface area (Å²) in [5.41, 5.74) is 8.16. The van der Waals surface area contributed by atoms with E-state index in [1.807, 2.05) is 60.7 Å². The van der Waals surface area contributed by atoms with Gasteiger partial charge in [-0.3, -0.25) is 4.79 Å². The number of nitrogens with zero attached hydrogens (tertiary/aromatic N) is 2. The van der Waals surface area contributed by atoms with Gasteiger partial charge in [-0.15, -0.1) is 6.58 Å². The molecule has 2 rings (SSSR count). The van der Waals surface area contributed by atoms with Crippen LogP contribution in [0.2, 0.25) is 0 Å². The van der Waals surface area contributed by atoms with Crippen molar-refractivity contribution in [2.75, 3.05) is 34.2 Å². The number of nitrogens with two attached hydrogens (primary N) is 1. The maximum Gasteiger partial charge on any atom is 0.315 e. The number of hydrogen-bond donors (Lipinski definition) is 4. The van der Waals surface area contributed by atoms with Crippen LogP contribution in [0.1, 0.15) is 149 Å². The van der Waals surface area contributed by atoms with Gasteiger partial charge in [0.05, 0.1) is 18.1 Å². The number of rotatable bonds is 14. The molecule has 0 radical (unpaired) electrons. The van der Waals surface area contributed by atoms with Gasteiger partial charge in [0.25, 0.3) is 0 Å². The molecule has 3 unspecified atom stereocenters. The molecular weight excluding hydrogens is 657 g/mol. The van der Waals surface area contributed by atoms with Gasteiger partial charge in [0.1, 0.15) is 0 Å². The van der Waals surface area contributed by atoms with E-state index in [-0.39, 0.29) is 41.3 Å². The third-order valence-electron chi connectivity index (χ3n) is 8.32. The predicted octanol–water partition coefficient (Wildman–Crippen LogP) is 10.5. The van der Waals surface area contributed by atoms with Crippen LogP contribution in [0.4, 0.5) is 4.79 Å². The van der Waals surface area contributed by atoms with E-state index >= 15 is 0 Å². The van der Waals surface area contributed by atoms with Crippen molar-refractivity contribution in [1.82, 2.24) is 25.8 Å². The molecule has 4 atom stereocenters. The topological polar surface area (TPSA) is 103 Å². The highest BCUT2D eigenvalue weighted by molar-refractivity contribution is 5.81. The van der Waals surface area contributed by atoms with Crippen LogP contribution >= 0.6 is 0 Å². The van der Waals surface area contributed by atoms with Crippen molar-refractivity contribution >= 4 is 11.8 Å². The third kappa shape index (κ3) is 30.3. The number of likely N-dealkylation sites (tertiary alicyclic amines) is 1. The zero-order valence-corrected chi connectivity index (χ0v) is 38.5. The largest absolute Gasteiger partial charge is 0.405 e. The van der Waals surface area contributed by atoms with Crippen LogP contribution in [0.25, 0.3) is 0 Å². The van der Waals surface area contributed by atoms with Gasteiger partial charge in [-0.2, -0.15) is 0 Å². The van der Waals surface area contributed by atoms with Gasteiger partial charge in [0, 0.05) is 24.5 Å². The van der Waals surface area contributed by atoms with Crippen LogP contribution in [-0.4, -0.2) is 74.0 Å². The second kappa shape index (κ2) is 30.6. The number of hydrogen-bond acceptors (Lipinski definition) is 6. The number of carbonyl (C=O) groups is 2. The fourth-order valence-corrected chi connectivity index (χ4v) is 5.42. The minimum Gasteiger partial charge on any atom is -0.405 e. The Morgan fingerprint density at radius 3 is 1.72 bits per heavy atom. The zero-order chi connectivity index (χ0) is 42.7. The molecule has 1 heterocycles. The Morgan fingerprint density at radius 1 is 0.925 bits per heavy atom. The van der Waals surface area contributed by atoms with Gasteiger partial charge >= 0.3 is 6.03 Å². The van der Waals surface area contributed by atoms with Gasteiger partial charge in [-0.05, 0) is 95.5 Å². The Balaban J connectivity index is -0.000000637. The van der Waals surface area contributed by atoms with E-state index in [0.29, 0.717) is 23.8 Å². The fraction of sp³-hybridized carbons (Fsp3) is 0.778. The molecule has 0 spiro atoms. The second-order valence-electron chi connectivity index (χ2n) is 17.6. The van der Waals surface area contributed by atoms with Crippen molar-refractivity contribution < 1.29 is 9.59 Å². The maximum absolute atomic E-state index is 12.7. The predicted molar refractivity (Wildman–Crippen MR) is 237 cm³/mol. The minimum atomic E-state index is -0.200. The molecule has 2 fully saturated rings. The van der Waals surface area contributed by atoms with E-state index in [1.165, 1.54) is 25.5 Å². The van der Waals surface area contributed by atoms with E-state index in [2.05, 4.69) is 115 Å². The van der Waals surface area contributed by atoms with Gasteiger partial charge < -0.3 is 31.5 Å². The first kappa shape index (κ1) is 57.0. The Labute approximate surface area is 331 Å². The summed E-state index contributed by atoms with van der Waals surface area (Å²) in [5.74, 6) is 1.43. The van der Waals surface area contributed by atoms with Crippen molar-refractivity contribution in [2.24, 2.45) is 34.3 Å². The molecule has 2 aliphatic rings. The molecule has 53 heavy (non-hydrogen) atoms. The van der Waals surface area contributed by atoms with E-state index in [1.54, 1.807) is 6.92 Å². The number of urea groups is 1. The van der Waals surface area contributed by atoms with E-state index in [9.17, 15) is 9.59 Å². The number of ketones is 1. The number of amides is 2. The molecule has 0 aromatic rings. The van der Waals surface area contributed by atoms with Crippen molar-refractivity contribution in [3.63, 3.8) is 0 Å². The fourth-order valence-electron chi connectivity index (χ4n) is 5.42. The Bertz CT molecular complexity index is 1010. The summed E-state index contributed by atoms with van der Waals surface area (Å²) in [5, 5.41) is 9.70.